The summed E-state index contributed by atoms with van der Waals surface area (Å²) in [5.74, 6) is 1.20. The highest BCUT2D eigenvalue weighted by Gasteiger charge is 1.95. The molecule has 1 radical (unpaired) electrons. The summed E-state index contributed by atoms with van der Waals surface area (Å²) in [4.78, 5) is 0. The molecule has 0 aliphatic heterocycles. The van der Waals surface area contributed by atoms with Crippen molar-refractivity contribution in [1.82, 2.24) is 10.2 Å². The van der Waals surface area contributed by atoms with Crippen LogP contribution in [0.3, 0.4) is 0 Å². The van der Waals surface area contributed by atoms with Crippen LogP contribution in [-0.2, 0) is 0 Å². The standard InChI is InChI=1S/C5H7N2O/c1-3-5-7-6-4(2)8-5/h3H,1-2H3. The van der Waals surface area contributed by atoms with E-state index < -0.39 is 0 Å². The Morgan fingerprint density at radius 2 is 2.25 bits per heavy atom. The lowest BCUT2D eigenvalue weighted by Crippen LogP contribution is -1.73. The summed E-state index contributed by atoms with van der Waals surface area (Å²) in [6, 6.07) is 0. The highest BCUT2D eigenvalue weighted by Crippen LogP contribution is 1.97. The number of aromatic nitrogens is 2. The third-order valence-corrected chi connectivity index (χ3v) is 0.789. The monoisotopic (exact) mass is 111 g/mol. The summed E-state index contributed by atoms with van der Waals surface area (Å²) in [6.07, 6.45) is 1.76. The normalized spacial score (nSPS) is 9.75. The Bertz CT molecular complexity index is 171. The molecule has 3 nitrogen and oxygen atoms in total. The van der Waals surface area contributed by atoms with Crippen LogP contribution in [0.2, 0.25) is 0 Å². The van der Waals surface area contributed by atoms with E-state index in [0.29, 0.717) is 11.8 Å². The quantitative estimate of drug-likeness (QED) is 0.541. The lowest BCUT2D eigenvalue weighted by molar-refractivity contribution is 0.495. The maximum Gasteiger partial charge on any atom is 0.220 e. The Balaban J connectivity index is 2.84. The molecule has 0 spiro atoms. The zero-order valence-corrected chi connectivity index (χ0v) is 4.88. The first-order valence-corrected chi connectivity index (χ1v) is 2.42. The maximum absolute atomic E-state index is 4.95. The molecule has 0 amide bonds. The minimum atomic E-state index is 0.586. The molecule has 8 heavy (non-hydrogen) atoms. The molecule has 0 saturated heterocycles. The van der Waals surface area contributed by atoms with E-state index in [-0.39, 0.29) is 0 Å². The highest BCUT2D eigenvalue weighted by atomic mass is 16.4. The van der Waals surface area contributed by atoms with Crippen molar-refractivity contribution in [3.63, 3.8) is 0 Å². The smallest absolute Gasteiger partial charge is 0.220 e. The van der Waals surface area contributed by atoms with Gasteiger partial charge in [0.25, 0.3) is 0 Å². The van der Waals surface area contributed by atoms with E-state index in [4.69, 9.17) is 4.42 Å². The van der Waals surface area contributed by atoms with Crippen molar-refractivity contribution in [3.05, 3.63) is 18.2 Å². The molecule has 0 unspecified atom stereocenters. The topological polar surface area (TPSA) is 38.9 Å². The van der Waals surface area contributed by atoms with Crippen molar-refractivity contribution in [2.75, 3.05) is 0 Å². The van der Waals surface area contributed by atoms with Gasteiger partial charge in [0.1, 0.15) is 0 Å². The molecule has 1 aromatic rings. The highest BCUT2D eigenvalue weighted by molar-refractivity contribution is 4.90. The third-order valence-electron chi connectivity index (χ3n) is 0.789. The minimum Gasteiger partial charge on any atom is -0.425 e. The van der Waals surface area contributed by atoms with Crippen molar-refractivity contribution < 1.29 is 4.42 Å². The van der Waals surface area contributed by atoms with Crippen LogP contribution in [0.1, 0.15) is 18.7 Å². The molecular formula is C5H7N2O. The zero-order chi connectivity index (χ0) is 5.98. The molecule has 0 aliphatic rings. The van der Waals surface area contributed by atoms with Crippen molar-refractivity contribution in [1.29, 1.82) is 0 Å². The van der Waals surface area contributed by atoms with E-state index in [2.05, 4.69) is 10.2 Å². The first-order valence-electron chi connectivity index (χ1n) is 2.42. The molecule has 43 valence electrons. The molecule has 0 aromatic carbocycles. The van der Waals surface area contributed by atoms with Crippen LogP contribution in [0, 0.1) is 13.3 Å². The lowest BCUT2D eigenvalue weighted by Gasteiger charge is -1.77. The van der Waals surface area contributed by atoms with E-state index in [1.54, 1.807) is 13.3 Å². The number of rotatable bonds is 1. The van der Waals surface area contributed by atoms with E-state index >= 15 is 0 Å². The van der Waals surface area contributed by atoms with Crippen LogP contribution in [-0.4, -0.2) is 10.2 Å². The Morgan fingerprint density at radius 1 is 1.50 bits per heavy atom. The number of hydrogen-bond acceptors (Lipinski definition) is 3. The molecule has 0 fully saturated rings. The van der Waals surface area contributed by atoms with Gasteiger partial charge in [0, 0.05) is 13.3 Å². The second kappa shape index (κ2) is 1.94. The third kappa shape index (κ3) is 0.857. The molecule has 3 heteroatoms. The molecule has 0 bridgehead atoms. The molecule has 1 heterocycles. The number of nitrogens with zero attached hydrogens (tertiary/aromatic N) is 2. The van der Waals surface area contributed by atoms with Gasteiger partial charge in [-0.1, -0.05) is 6.92 Å². The molecule has 1 aromatic heterocycles. The predicted molar refractivity (Wildman–Crippen MR) is 28.1 cm³/mol. The van der Waals surface area contributed by atoms with Gasteiger partial charge in [0.15, 0.2) is 0 Å². The molecule has 1 rings (SSSR count). The zero-order valence-electron chi connectivity index (χ0n) is 4.88. The summed E-state index contributed by atoms with van der Waals surface area (Å²) in [6.45, 7) is 3.62. The van der Waals surface area contributed by atoms with E-state index in [0.717, 1.165) is 0 Å². The summed E-state index contributed by atoms with van der Waals surface area (Å²) in [7, 11) is 0. The lowest BCUT2D eigenvalue weighted by atomic mass is 10.5. The van der Waals surface area contributed by atoms with Crippen LogP contribution in [0.15, 0.2) is 4.42 Å². The SMILES string of the molecule is C[CH]c1nnc(C)o1. The van der Waals surface area contributed by atoms with Gasteiger partial charge in [-0.3, -0.25) is 0 Å². The molecular weight excluding hydrogens is 104 g/mol. The van der Waals surface area contributed by atoms with Gasteiger partial charge in [0.2, 0.25) is 11.8 Å². The van der Waals surface area contributed by atoms with E-state index in [1.807, 2.05) is 6.92 Å². The van der Waals surface area contributed by atoms with E-state index in [1.165, 1.54) is 0 Å². The molecule has 0 N–H and O–H groups in total. The number of hydrogen-bond donors (Lipinski definition) is 0. The summed E-state index contributed by atoms with van der Waals surface area (Å²) in [5.41, 5.74) is 0. The van der Waals surface area contributed by atoms with Gasteiger partial charge in [-0.2, -0.15) is 0 Å². The summed E-state index contributed by atoms with van der Waals surface area (Å²) < 4.78 is 4.95. The van der Waals surface area contributed by atoms with Gasteiger partial charge < -0.3 is 4.42 Å². The van der Waals surface area contributed by atoms with Crippen LogP contribution >= 0.6 is 0 Å². The van der Waals surface area contributed by atoms with Crippen LogP contribution < -0.4 is 0 Å². The van der Waals surface area contributed by atoms with Crippen molar-refractivity contribution in [3.8, 4) is 0 Å². The van der Waals surface area contributed by atoms with E-state index in [9.17, 15) is 0 Å². The Labute approximate surface area is 47.7 Å². The molecule has 0 aliphatic carbocycles. The fourth-order valence-corrected chi connectivity index (χ4v) is 0.429. The van der Waals surface area contributed by atoms with Crippen molar-refractivity contribution in [2.24, 2.45) is 0 Å². The summed E-state index contributed by atoms with van der Waals surface area (Å²) in [5, 5.41) is 7.30. The first kappa shape index (κ1) is 5.28. The largest absolute Gasteiger partial charge is 0.425 e. The van der Waals surface area contributed by atoms with Crippen molar-refractivity contribution >= 4 is 0 Å². The van der Waals surface area contributed by atoms with Crippen LogP contribution in [0.5, 0.6) is 0 Å². The fraction of sp³-hybridized carbons (Fsp3) is 0.400. The van der Waals surface area contributed by atoms with Gasteiger partial charge >= 0.3 is 0 Å². The fourth-order valence-electron chi connectivity index (χ4n) is 0.429. The second-order valence-electron chi connectivity index (χ2n) is 1.45. The molecule has 0 atom stereocenters. The summed E-state index contributed by atoms with van der Waals surface area (Å²) >= 11 is 0. The minimum absolute atomic E-state index is 0.586. The van der Waals surface area contributed by atoms with Gasteiger partial charge in [-0.25, -0.2) is 0 Å². The van der Waals surface area contributed by atoms with Gasteiger partial charge in [-0.05, 0) is 0 Å². The Hall–Kier alpha value is -0.860. The van der Waals surface area contributed by atoms with Crippen LogP contribution in [0.4, 0.5) is 0 Å². The maximum atomic E-state index is 4.95. The first-order chi connectivity index (χ1) is 3.83. The van der Waals surface area contributed by atoms with Crippen molar-refractivity contribution in [2.45, 2.75) is 13.8 Å². The average molecular weight is 111 g/mol. The molecule has 0 saturated carbocycles. The number of aryl methyl sites for hydroxylation is 1. The van der Waals surface area contributed by atoms with Crippen LogP contribution in [0.25, 0.3) is 0 Å². The van der Waals surface area contributed by atoms with Gasteiger partial charge in [0.05, 0.1) is 0 Å². The average Bonchev–Trinajstić information content (AvgIpc) is 2.14. The Morgan fingerprint density at radius 3 is 2.50 bits per heavy atom. The predicted octanol–water partition coefficient (Wildman–Crippen LogP) is 0.950. The second-order valence-corrected chi connectivity index (χ2v) is 1.45. The van der Waals surface area contributed by atoms with Gasteiger partial charge in [-0.15, -0.1) is 10.2 Å². The Kier molecular flexibility index (Phi) is 1.28.